The Balaban J connectivity index is 2.28. The average molecular weight is 257 g/mol. The average Bonchev–Trinajstić information content (AvgIpc) is 2.83. The fourth-order valence-corrected chi connectivity index (χ4v) is 2.24. The summed E-state index contributed by atoms with van der Waals surface area (Å²) in [5.74, 6) is -0.281. The molecule has 19 heavy (non-hydrogen) atoms. The number of methoxy groups -OCH3 is 1. The molecule has 2 rings (SSSR count). The van der Waals surface area contributed by atoms with Crippen molar-refractivity contribution in [2.45, 2.75) is 26.8 Å². The maximum absolute atomic E-state index is 11.7. The van der Waals surface area contributed by atoms with Gasteiger partial charge in [-0.3, -0.25) is 0 Å². The van der Waals surface area contributed by atoms with Crippen LogP contribution >= 0.6 is 0 Å². The molecule has 0 unspecified atom stereocenters. The molecule has 0 fully saturated rings. The molecule has 1 aromatic carbocycles. The summed E-state index contributed by atoms with van der Waals surface area (Å²) in [7, 11) is 1.41. The second-order valence-corrected chi connectivity index (χ2v) is 4.61. The molecule has 0 saturated carbocycles. The Morgan fingerprint density at radius 1 is 1.16 bits per heavy atom. The van der Waals surface area contributed by atoms with E-state index in [0.717, 1.165) is 18.7 Å². The standard InChI is InChI=1S/C16H19NO2/c1-4-17-14(9-10-15(17)16(18)19-3)11-13-7-5-12(2)6-8-13/h5-10H,4,11H2,1-3H3. The van der Waals surface area contributed by atoms with Crippen LogP contribution in [0.5, 0.6) is 0 Å². The van der Waals surface area contributed by atoms with Gasteiger partial charge in [-0.2, -0.15) is 0 Å². The predicted molar refractivity (Wildman–Crippen MR) is 75.4 cm³/mol. The van der Waals surface area contributed by atoms with Gasteiger partial charge in [0.1, 0.15) is 5.69 Å². The van der Waals surface area contributed by atoms with Gasteiger partial charge in [0.25, 0.3) is 0 Å². The third-order valence-electron chi connectivity index (χ3n) is 3.29. The van der Waals surface area contributed by atoms with Crippen LogP contribution in [0.25, 0.3) is 0 Å². The third kappa shape index (κ3) is 2.87. The first kappa shape index (κ1) is 13.4. The smallest absolute Gasteiger partial charge is 0.354 e. The fraction of sp³-hybridized carbons (Fsp3) is 0.312. The van der Waals surface area contributed by atoms with Crippen LogP contribution in [0.1, 0.15) is 34.2 Å². The van der Waals surface area contributed by atoms with Gasteiger partial charge >= 0.3 is 5.97 Å². The zero-order valence-electron chi connectivity index (χ0n) is 11.6. The molecule has 2 aromatic rings. The van der Waals surface area contributed by atoms with E-state index in [-0.39, 0.29) is 5.97 Å². The lowest BCUT2D eigenvalue weighted by Gasteiger charge is -2.10. The summed E-state index contributed by atoms with van der Waals surface area (Å²) < 4.78 is 6.80. The molecule has 0 amide bonds. The summed E-state index contributed by atoms with van der Waals surface area (Å²) >= 11 is 0. The van der Waals surface area contributed by atoms with Crippen molar-refractivity contribution in [1.29, 1.82) is 0 Å². The molecule has 0 radical (unpaired) electrons. The van der Waals surface area contributed by atoms with Crippen molar-refractivity contribution < 1.29 is 9.53 Å². The van der Waals surface area contributed by atoms with Crippen LogP contribution < -0.4 is 0 Å². The maximum atomic E-state index is 11.7. The minimum atomic E-state index is -0.281. The summed E-state index contributed by atoms with van der Waals surface area (Å²) in [5, 5.41) is 0. The maximum Gasteiger partial charge on any atom is 0.354 e. The number of aryl methyl sites for hydroxylation is 1. The highest BCUT2D eigenvalue weighted by Gasteiger charge is 2.14. The summed E-state index contributed by atoms with van der Waals surface area (Å²) in [6.07, 6.45) is 0.825. The number of rotatable bonds is 4. The van der Waals surface area contributed by atoms with Crippen molar-refractivity contribution in [3.05, 3.63) is 58.9 Å². The SMILES string of the molecule is CCn1c(Cc2ccc(C)cc2)ccc1C(=O)OC. The number of hydrogen-bond acceptors (Lipinski definition) is 2. The van der Waals surface area contributed by atoms with E-state index in [1.807, 2.05) is 23.6 Å². The van der Waals surface area contributed by atoms with Gasteiger partial charge in [-0.05, 0) is 31.5 Å². The first-order valence-corrected chi connectivity index (χ1v) is 6.48. The molecule has 3 nitrogen and oxygen atoms in total. The Kier molecular flexibility index (Phi) is 4.05. The van der Waals surface area contributed by atoms with Gasteiger partial charge in [-0.1, -0.05) is 29.8 Å². The van der Waals surface area contributed by atoms with Crippen LogP contribution in [0.4, 0.5) is 0 Å². The van der Waals surface area contributed by atoms with Gasteiger partial charge < -0.3 is 9.30 Å². The van der Waals surface area contributed by atoms with E-state index in [0.29, 0.717) is 5.69 Å². The Morgan fingerprint density at radius 3 is 2.42 bits per heavy atom. The van der Waals surface area contributed by atoms with Crippen molar-refractivity contribution in [1.82, 2.24) is 4.57 Å². The molecule has 100 valence electrons. The van der Waals surface area contributed by atoms with Gasteiger partial charge in [0, 0.05) is 18.7 Å². The number of nitrogens with zero attached hydrogens (tertiary/aromatic N) is 1. The Hall–Kier alpha value is -2.03. The van der Waals surface area contributed by atoms with E-state index in [1.54, 1.807) is 0 Å². The molecule has 1 heterocycles. The molecule has 0 saturated heterocycles. The predicted octanol–water partition coefficient (Wildman–Crippen LogP) is 3.19. The molecule has 0 atom stereocenters. The second kappa shape index (κ2) is 5.74. The lowest BCUT2D eigenvalue weighted by Crippen LogP contribution is -2.12. The number of benzene rings is 1. The molecule has 3 heteroatoms. The summed E-state index contributed by atoms with van der Waals surface area (Å²) in [5.41, 5.74) is 4.25. The van der Waals surface area contributed by atoms with Crippen LogP contribution in [-0.4, -0.2) is 17.6 Å². The number of aromatic nitrogens is 1. The van der Waals surface area contributed by atoms with Gasteiger partial charge in [-0.25, -0.2) is 4.79 Å². The lowest BCUT2D eigenvalue weighted by atomic mass is 10.1. The van der Waals surface area contributed by atoms with E-state index < -0.39 is 0 Å². The van der Waals surface area contributed by atoms with E-state index in [4.69, 9.17) is 4.74 Å². The molecule has 0 aliphatic rings. The monoisotopic (exact) mass is 257 g/mol. The van der Waals surface area contributed by atoms with E-state index in [9.17, 15) is 4.79 Å². The number of ether oxygens (including phenoxy) is 1. The molecule has 0 aliphatic carbocycles. The molecule has 0 bridgehead atoms. The van der Waals surface area contributed by atoms with Crippen LogP contribution in [0.2, 0.25) is 0 Å². The Bertz CT molecular complexity index is 567. The van der Waals surface area contributed by atoms with Crippen molar-refractivity contribution in [3.8, 4) is 0 Å². The van der Waals surface area contributed by atoms with Crippen LogP contribution in [0.15, 0.2) is 36.4 Å². The highest BCUT2D eigenvalue weighted by Crippen LogP contribution is 2.15. The van der Waals surface area contributed by atoms with Crippen molar-refractivity contribution >= 4 is 5.97 Å². The topological polar surface area (TPSA) is 31.2 Å². The molecule has 0 spiro atoms. The first-order chi connectivity index (χ1) is 9.15. The van der Waals surface area contributed by atoms with Crippen molar-refractivity contribution in [2.75, 3.05) is 7.11 Å². The quantitative estimate of drug-likeness (QED) is 0.788. The summed E-state index contributed by atoms with van der Waals surface area (Å²) in [4.78, 5) is 11.7. The molecule has 0 aliphatic heterocycles. The van der Waals surface area contributed by atoms with E-state index in [2.05, 4.69) is 31.2 Å². The highest BCUT2D eigenvalue weighted by atomic mass is 16.5. The minimum Gasteiger partial charge on any atom is -0.464 e. The lowest BCUT2D eigenvalue weighted by molar-refractivity contribution is 0.0588. The third-order valence-corrected chi connectivity index (χ3v) is 3.29. The van der Waals surface area contributed by atoms with Gasteiger partial charge in [-0.15, -0.1) is 0 Å². The van der Waals surface area contributed by atoms with Crippen molar-refractivity contribution in [2.24, 2.45) is 0 Å². The van der Waals surface area contributed by atoms with Crippen LogP contribution in [0, 0.1) is 6.92 Å². The number of carbonyl (C=O) groups excluding carboxylic acids is 1. The number of hydrogen-bond donors (Lipinski definition) is 0. The normalized spacial score (nSPS) is 10.5. The number of carbonyl (C=O) groups is 1. The van der Waals surface area contributed by atoms with Crippen LogP contribution in [0.3, 0.4) is 0 Å². The largest absolute Gasteiger partial charge is 0.464 e. The molecule has 1 aromatic heterocycles. The Morgan fingerprint density at radius 2 is 1.84 bits per heavy atom. The minimum absolute atomic E-state index is 0.281. The molecule has 0 N–H and O–H groups in total. The van der Waals surface area contributed by atoms with Crippen molar-refractivity contribution in [3.63, 3.8) is 0 Å². The number of esters is 1. The second-order valence-electron chi connectivity index (χ2n) is 4.61. The van der Waals surface area contributed by atoms with Gasteiger partial charge in [0.05, 0.1) is 7.11 Å². The highest BCUT2D eigenvalue weighted by molar-refractivity contribution is 5.87. The summed E-state index contributed by atoms with van der Waals surface area (Å²) in [6, 6.07) is 12.3. The van der Waals surface area contributed by atoms with Crippen LogP contribution in [-0.2, 0) is 17.7 Å². The zero-order valence-corrected chi connectivity index (χ0v) is 11.6. The molecular weight excluding hydrogens is 238 g/mol. The first-order valence-electron chi connectivity index (χ1n) is 6.48. The van der Waals surface area contributed by atoms with Gasteiger partial charge in [0.15, 0.2) is 0 Å². The Labute approximate surface area is 113 Å². The van der Waals surface area contributed by atoms with Gasteiger partial charge in [0.2, 0.25) is 0 Å². The van der Waals surface area contributed by atoms with E-state index >= 15 is 0 Å². The zero-order chi connectivity index (χ0) is 13.8. The fourth-order valence-electron chi connectivity index (χ4n) is 2.24. The van der Waals surface area contributed by atoms with E-state index in [1.165, 1.54) is 18.2 Å². The summed E-state index contributed by atoms with van der Waals surface area (Å²) in [6.45, 7) is 4.87. The molecular formula is C16H19NO2.